The lowest BCUT2D eigenvalue weighted by Crippen LogP contribution is -2.10. The van der Waals surface area contributed by atoms with E-state index in [0.717, 1.165) is 16.8 Å². The predicted octanol–water partition coefficient (Wildman–Crippen LogP) is 5.63. The summed E-state index contributed by atoms with van der Waals surface area (Å²) < 4.78 is 13.6. The maximum Gasteiger partial charge on any atom is 0.142 e. The molecule has 0 spiro atoms. The molecule has 0 aliphatic carbocycles. The molecule has 1 atom stereocenters. The van der Waals surface area contributed by atoms with Crippen molar-refractivity contribution in [3.05, 3.63) is 56.8 Å². The van der Waals surface area contributed by atoms with Crippen molar-refractivity contribution in [1.29, 1.82) is 0 Å². The zero-order valence-corrected chi connectivity index (χ0v) is 13.5. The van der Waals surface area contributed by atoms with Gasteiger partial charge in [-0.2, -0.15) is 0 Å². The van der Waals surface area contributed by atoms with Crippen LogP contribution in [0.2, 0.25) is 10.0 Å². The Morgan fingerprint density at radius 3 is 2.48 bits per heavy atom. The number of benzene rings is 2. The van der Waals surface area contributed by atoms with Crippen LogP contribution in [0.5, 0.6) is 5.75 Å². The van der Waals surface area contributed by atoms with Crippen LogP contribution in [-0.4, -0.2) is 5.11 Å². The second-order valence-corrected chi connectivity index (χ2v) is 5.81. The minimum atomic E-state index is -0.506. The minimum Gasteiger partial charge on any atom is -0.507 e. The highest BCUT2D eigenvalue weighted by Crippen LogP contribution is 2.36. The van der Waals surface area contributed by atoms with Gasteiger partial charge in [-0.15, -0.1) is 0 Å². The second-order valence-electron chi connectivity index (χ2n) is 5.03. The van der Waals surface area contributed by atoms with E-state index >= 15 is 0 Å². The van der Waals surface area contributed by atoms with Crippen molar-refractivity contribution >= 4 is 28.9 Å². The molecule has 0 radical (unpaired) electrons. The van der Waals surface area contributed by atoms with Gasteiger partial charge in [0.15, 0.2) is 0 Å². The Hall–Kier alpha value is -1.45. The predicted molar refractivity (Wildman–Crippen MR) is 86.0 cm³/mol. The van der Waals surface area contributed by atoms with Gasteiger partial charge in [0.05, 0.1) is 11.1 Å². The zero-order chi connectivity index (χ0) is 15.7. The number of rotatable bonds is 3. The summed E-state index contributed by atoms with van der Waals surface area (Å²) >= 11 is 12.1. The van der Waals surface area contributed by atoms with Gasteiger partial charge in [-0.1, -0.05) is 29.3 Å². The Kier molecular flexibility index (Phi) is 4.64. The summed E-state index contributed by atoms with van der Waals surface area (Å²) in [5, 5.41) is 13.6. The topological polar surface area (TPSA) is 32.3 Å². The largest absolute Gasteiger partial charge is 0.507 e. The third-order valence-electron chi connectivity index (χ3n) is 3.52. The molecule has 2 rings (SSSR count). The normalized spacial score (nSPS) is 12.3. The molecule has 0 saturated carbocycles. The molecule has 112 valence electrons. The number of phenolic OH excluding ortho intramolecular Hbond substituents is 1. The van der Waals surface area contributed by atoms with Gasteiger partial charge in [0.25, 0.3) is 0 Å². The van der Waals surface area contributed by atoms with E-state index in [1.165, 1.54) is 12.1 Å². The Morgan fingerprint density at radius 2 is 1.81 bits per heavy atom. The van der Waals surface area contributed by atoms with Gasteiger partial charge in [-0.3, -0.25) is 0 Å². The van der Waals surface area contributed by atoms with E-state index in [9.17, 15) is 9.50 Å². The zero-order valence-electron chi connectivity index (χ0n) is 12.0. The van der Waals surface area contributed by atoms with Gasteiger partial charge in [0, 0.05) is 21.8 Å². The lowest BCUT2D eigenvalue weighted by Gasteiger charge is -2.20. The third-order valence-corrected chi connectivity index (χ3v) is 4.23. The molecule has 0 saturated heterocycles. The van der Waals surface area contributed by atoms with Gasteiger partial charge >= 0.3 is 0 Å². The number of aromatic hydroxyl groups is 1. The van der Waals surface area contributed by atoms with E-state index in [2.05, 4.69) is 5.32 Å². The minimum absolute atomic E-state index is 0.0106. The van der Waals surface area contributed by atoms with Crippen molar-refractivity contribution in [2.45, 2.75) is 26.8 Å². The monoisotopic (exact) mass is 327 g/mol. The maximum absolute atomic E-state index is 13.6. The molecule has 0 bridgehead atoms. The highest BCUT2D eigenvalue weighted by Gasteiger charge is 2.18. The molecule has 0 aliphatic heterocycles. The molecule has 2 aromatic rings. The van der Waals surface area contributed by atoms with Crippen LogP contribution in [-0.2, 0) is 0 Å². The molecule has 0 heterocycles. The number of phenols is 1. The Morgan fingerprint density at radius 1 is 1.14 bits per heavy atom. The average molecular weight is 328 g/mol. The van der Waals surface area contributed by atoms with Crippen molar-refractivity contribution in [3.63, 3.8) is 0 Å². The molecule has 0 aromatic heterocycles. The fourth-order valence-corrected chi connectivity index (χ4v) is 2.94. The van der Waals surface area contributed by atoms with Gasteiger partial charge < -0.3 is 10.4 Å². The molecule has 1 unspecified atom stereocenters. The summed E-state index contributed by atoms with van der Waals surface area (Å²) in [5.74, 6) is -0.267. The van der Waals surface area contributed by atoms with Crippen LogP contribution >= 0.6 is 23.2 Å². The van der Waals surface area contributed by atoms with E-state index < -0.39 is 5.82 Å². The van der Waals surface area contributed by atoms with Crippen molar-refractivity contribution in [2.24, 2.45) is 0 Å². The van der Waals surface area contributed by atoms with Gasteiger partial charge in [0.2, 0.25) is 0 Å². The number of hydrogen-bond acceptors (Lipinski definition) is 2. The molecule has 2 N–H and O–H groups in total. The number of aryl methyl sites for hydroxylation is 1. The summed E-state index contributed by atoms with van der Waals surface area (Å²) in [6, 6.07) is 6.09. The Labute approximate surface area is 133 Å². The van der Waals surface area contributed by atoms with Crippen molar-refractivity contribution in [2.75, 3.05) is 5.32 Å². The van der Waals surface area contributed by atoms with Crippen molar-refractivity contribution < 1.29 is 9.50 Å². The summed E-state index contributed by atoms with van der Waals surface area (Å²) in [5.41, 5.74) is 2.78. The maximum atomic E-state index is 13.6. The smallest absolute Gasteiger partial charge is 0.142 e. The van der Waals surface area contributed by atoms with Crippen molar-refractivity contribution in [1.82, 2.24) is 0 Å². The number of hydrogen-bond donors (Lipinski definition) is 2. The first-order valence-corrected chi connectivity index (χ1v) is 7.27. The Bertz CT molecular complexity index is 688. The highest BCUT2D eigenvalue weighted by molar-refractivity contribution is 6.36. The number of anilines is 1. The summed E-state index contributed by atoms with van der Waals surface area (Å²) in [6.45, 7) is 5.48. The van der Waals surface area contributed by atoms with E-state index in [1.807, 2.05) is 32.9 Å². The van der Waals surface area contributed by atoms with Gasteiger partial charge in [-0.25, -0.2) is 4.39 Å². The standard InChI is InChI=1S/C16H16Cl2FNO/c1-8-4-7-13(9(2)16(8)21)20-10(3)14-11(17)5-6-12(19)15(14)18/h4-7,10,20-21H,1-3H3. The summed E-state index contributed by atoms with van der Waals surface area (Å²) in [4.78, 5) is 0. The first-order valence-electron chi connectivity index (χ1n) is 6.52. The van der Waals surface area contributed by atoms with Crippen LogP contribution < -0.4 is 5.32 Å². The average Bonchev–Trinajstić information content (AvgIpc) is 2.44. The van der Waals surface area contributed by atoms with Crippen molar-refractivity contribution in [3.8, 4) is 5.75 Å². The van der Waals surface area contributed by atoms with Crippen LogP contribution in [0.4, 0.5) is 10.1 Å². The molecular weight excluding hydrogens is 312 g/mol. The molecular formula is C16H16Cl2FNO. The van der Waals surface area contributed by atoms with Crippen LogP contribution in [0, 0.1) is 19.7 Å². The third kappa shape index (κ3) is 3.09. The van der Waals surface area contributed by atoms with Crippen LogP contribution in [0.15, 0.2) is 24.3 Å². The first kappa shape index (κ1) is 15.9. The van der Waals surface area contributed by atoms with Crippen LogP contribution in [0.3, 0.4) is 0 Å². The number of nitrogens with one attached hydrogen (secondary N) is 1. The molecule has 21 heavy (non-hydrogen) atoms. The lowest BCUT2D eigenvalue weighted by atomic mass is 10.0. The van der Waals surface area contributed by atoms with E-state index in [-0.39, 0.29) is 16.8 Å². The van der Waals surface area contributed by atoms with Gasteiger partial charge in [-0.05, 0) is 44.5 Å². The fraction of sp³-hybridized carbons (Fsp3) is 0.250. The fourth-order valence-electron chi connectivity index (χ4n) is 2.24. The molecule has 0 aliphatic rings. The summed E-state index contributed by atoms with van der Waals surface area (Å²) in [7, 11) is 0. The molecule has 0 fully saturated rings. The lowest BCUT2D eigenvalue weighted by molar-refractivity contribution is 0.467. The van der Waals surface area contributed by atoms with E-state index in [1.54, 1.807) is 0 Å². The second kappa shape index (κ2) is 6.12. The van der Waals surface area contributed by atoms with E-state index in [0.29, 0.717) is 10.6 Å². The van der Waals surface area contributed by atoms with E-state index in [4.69, 9.17) is 23.2 Å². The summed E-state index contributed by atoms with van der Waals surface area (Å²) in [6.07, 6.45) is 0. The SMILES string of the molecule is Cc1ccc(NC(C)c2c(Cl)ccc(F)c2Cl)c(C)c1O. The van der Waals surface area contributed by atoms with Crippen LogP contribution in [0.1, 0.15) is 29.7 Å². The molecule has 0 amide bonds. The number of halogens is 3. The molecule has 2 aromatic carbocycles. The quantitative estimate of drug-likeness (QED) is 0.716. The first-order chi connectivity index (χ1) is 9.82. The van der Waals surface area contributed by atoms with Gasteiger partial charge in [0.1, 0.15) is 11.6 Å². The van der Waals surface area contributed by atoms with Crippen LogP contribution in [0.25, 0.3) is 0 Å². The molecule has 2 nitrogen and oxygen atoms in total. The Balaban J connectivity index is 2.37. The molecule has 5 heteroatoms. The highest BCUT2D eigenvalue weighted by atomic mass is 35.5.